The SMILES string of the molecule is NCC1(C(=O)N2CCC3CCCCC32)CCCCC1. The largest absolute Gasteiger partial charge is 0.339 e. The van der Waals surface area contributed by atoms with Gasteiger partial charge in [0.05, 0.1) is 5.41 Å². The van der Waals surface area contributed by atoms with Gasteiger partial charge in [-0.25, -0.2) is 0 Å². The van der Waals surface area contributed by atoms with Crippen molar-refractivity contribution < 1.29 is 4.79 Å². The molecule has 1 saturated heterocycles. The quantitative estimate of drug-likeness (QED) is 0.833. The highest BCUT2D eigenvalue weighted by Crippen LogP contribution is 2.42. The summed E-state index contributed by atoms with van der Waals surface area (Å²) in [4.78, 5) is 15.3. The van der Waals surface area contributed by atoms with Crippen molar-refractivity contribution in [2.75, 3.05) is 13.1 Å². The molecule has 1 heterocycles. The molecule has 108 valence electrons. The fourth-order valence-electron chi connectivity index (χ4n) is 4.70. The summed E-state index contributed by atoms with van der Waals surface area (Å²) in [7, 11) is 0. The fraction of sp³-hybridized carbons (Fsp3) is 0.938. The van der Waals surface area contributed by atoms with Gasteiger partial charge in [0.25, 0.3) is 0 Å². The Kier molecular flexibility index (Phi) is 3.84. The smallest absolute Gasteiger partial charge is 0.230 e. The summed E-state index contributed by atoms with van der Waals surface area (Å²) < 4.78 is 0. The van der Waals surface area contributed by atoms with Gasteiger partial charge >= 0.3 is 0 Å². The fourth-order valence-corrected chi connectivity index (χ4v) is 4.70. The van der Waals surface area contributed by atoms with Crippen molar-refractivity contribution in [2.24, 2.45) is 17.1 Å². The Hall–Kier alpha value is -0.570. The van der Waals surface area contributed by atoms with E-state index in [-0.39, 0.29) is 5.41 Å². The third-order valence-corrected chi connectivity index (χ3v) is 5.93. The van der Waals surface area contributed by atoms with Gasteiger partial charge in [-0.05, 0) is 38.0 Å². The average Bonchev–Trinajstić information content (AvgIpc) is 2.91. The van der Waals surface area contributed by atoms with Gasteiger partial charge in [-0.3, -0.25) is 4.79 Å². The van der Waals surface area contributed by atoms with Crippen molar-refractivity contribution in [1.29, 1.82) is 0 Å². The molecule has 3 aliphatic rings. The average molecular weight is 264 g/mol. The summed E-state index contributed by atoms with van der Waals surface area (Å²) in [6.45, 7) is 1.55. The number of amides is 1. The topological polar surface area (TPSA) is 46.3 Å². The Bertz CT molecular complexity index is 336. The Morgan fingerprint density at radius 3 is 2.53 bits per heavy atom. The van der Waals surface area contributed by atoms with Crippen LogP contribution in [0.1, 0.15) is 64.2 Å². The molecule has 3 rings (SSSR count). The maximum atomic E-state index is 13.1. The number of fused-ring (bicyclic) bond motifs is 1. The van der Waals surface area contributed by atoms with Crippen LogP contribution in [0.25, 0.3) is 0 Å². The van der Waals surface area contributed by atoms with Gasteiger partial charge in [0.15, 0.2) is 0 Å². The third kappa shape index (κ3) is 2.31. The van der Waals surface area contributed by atoms with Crippen LogP contribution in [0.15, 0.2) is 0 Å². The second-order valence-electron chi connectivity index (χ2n) is 6.94. The Labute approximate surface area is 116 Å². The molecule has 2 aliphatic carbocycles. The Balaban J connectivity index is 1.75. The molecule has 2 unspecified atom stereocenters. The number of nitrogens with two attached hydrogens (primary N) is 1. The minimum absolute atomic E-state index is 0.204. The number of hydrogen-bond donors (Lipinski definition) is 1. The first kappa shape index (κ1) is 13.4. The monoisotopic (exact) mass is 264 g/mol. The third-order valence-electron chi connectivity index (χ3n) is 5.93. The molecular weight excluding hydrogens is 236 g/mol. The highest BCUT2D eigenvalue weighted by molar-refractivity contribution is 5.83. The van der Waals surface area contributed by atoms with Crippen molar-refractivity contribution in [2.45, 2.75) is 70.3 Å². The molecule has 0 aromatic heterocycles. The van der Waals surface area contributed by atoms with Crippen LogP contribution in [0.3, 0.4) is 0 Å². The number of rotatable bonds is 2. The minimum Gasteiger partial charge on any atom is -0.339 e. The summed E-state index contributed by atoms with van der Waals surface area (Å²) in [5.74, 6) is 1.19. The van der Waals surface area contributed by atoms with E-state index in [1.165, 1.54) is 51.4 Å². The summed E-state index contributed by atoms with van der Waals surface area (Å²) in [6, 6.07) is 0.548. The molecule has 0 aromatic rings. The highest BCUT2D eigenvalue weighted by atomic mass is 16.2. The standard InChI is InChI=1S/C16H28N2O/c17-12-16(9-4-1-5-10-16)15(19)18-11-8-13-6-2-3-7-14(13)18/h13-14H,1-12,17H2. The van der Waals surface area contributed by atoms with E-state index < -0.39 is 0 Å². The molecule has 0 aromatic carbocycles. The van der Waals surface area contributed by atoms with Crippen LogP contribution in [0.5, 0.6) is 0 Å². The number of nitrogens with zero attached hydrogens (tertiary/aromatic N) is 1. The Morgan fingerprint density at radius 1 is 1.05 bits per heavy atom. The molecule has 0 spiro atoms. The lowest BCUT2D eigenvalue weighted by molar-refractivity contribution is -0.145. The first-order valence-electron chi connectivity index (χ1n) is 8.28. The summed E-state index contributed by atoms with van der Waals surface area (Å²) in [5, 5.41) is 0. The lowest BCUT2D eigenvalue weighted by Crippen LogP contribution is -2.51. The molecule has 3 fully saturated rings. The van der Waals surface area contributed by atoms with Crippen LogP contribution >= 0.6 is 0 Å². The first-order chi connectivity index (χ1) is 9.27. The van der Waals surface area contributed by atoms with Crippen LogP contribution in [0.2, 0.25) is 0 Å². The lowest BCUT2D eigenvalue weighted by Gasteiger charge is -2.41. The van der Waals surface area contributed by atoms with Gasteiger partial charge in [0, 0.05) is 19.1 Å². The van der Waals surface area contributed by atoms with Gasteiger partial charge in [-0.2, -0.15) is 0 Å². The lowest BCUT2D eigenvalue weighted by atomic mass is 9.72. The molecule has 19 heavy (non-hydrogen) atoms. The molecule has 2 N–H and O–H groups in total. The molecule has 1 aliphatic heterocycles. The zero-order chi connectivity index (χ0) is 13.3. The number of carbonyl (C=O) groups is 1. The summed E-state index contributed by atoms with van der Waals surface area (Å²) in [6.07, 6.45) is 12.2. The van der Waals surface area contributed by atoms with Gasteiger partial charge in [-0.1, -0.05) is 32.1 Å². The van der Waals surface area contributed by atoms with Crippen molar-refractivity contribution in [3.05, 3.63) is 0 Å². The molecule has 2 atom stereocenters. The minimum atomic E-state index is -0.204. The van der Waals surface area contributed by atoms with Gasteiger partial charge < -0.3 is 10.6 Å². The maximum absolute atomic E-state index is 13.1. The van der Waals surface area contributed by atoms with Crippen LogP contribution in [0, 0.1) is 11.3 Å². The van der Waals surface area contributed by atoms with Crippen LogP contribution in [-0.2, 0) is 4.79 Å². The molecule has 3 nitrogen and oxygen atoms in total. The molecule has 2 saturated carbocycles. The highest BCUT2D eigenvalue weighted by Gasteiger charge is 2.46. The van der Waals surface area contributed by atoms with E-state index in [1.54, 1.807) is 0 Å². The zero-order valence-electron chi connectivity index (χ0n) is 12.1. The predicted molar refractivity (Wildman–Crippen MR) is 76.6 cm³/mol. The first-order valence-corrected chi connectivity index (χ1v) is 8.28. The zero-order valence-corrected chi connectivity index (χ0v) is 12.1. The second kappa shape index (κ2) is 5.43. The van der Waals surface area contributed by atoms with Crippen molar-refractivity contribution in [3.8, 4) is 0 Å². The van der Waals surface area contributed by atoms with E-state index in [2.05, 4.69) is 4.90 Å². The maximum Gasteiger partial charge on any atom is 0.230 e. The van der Waals surface area contributed by atoms with Gasteiger partial charge in [0.2, 0.25) is 5.91 Å². The van der Waals surface area contributed by atoms with E-state index in [0.29, 0.717) is 18.5 Å². The van der Waals surface area contributed by atoms with Gasteiger partial charge in [0.1, 0.15) is 0 Å². The molecule has 1 amide bonds. The number of likely N-dealkylation sites (tertiary alicyclic amines) is 1. The van der Waals surface area contributed by atoms with E-state index >= 15 is 0 Å². The summed E-state index contributed by atoms with van der Waals surface area (Å²) in [5.41, 5.74) is 5.82. The number of carbonyl (C=O) groups excluding carboxylic acids is 1. The molecular formula is C16H28N2O. The molecule has 3 heteroatoms. The van der Waals surface area contributed by atoms with Crippen LogP contribution in [-0.4, -0.2) is 29.9 Å². The van der Waals surface area contributed by atoms with E-state index in [1.807, 2.05) is 0 Å². The van der Waals surface area contributed by atoms with Crippen LogP contribution in [0.4, 0.5) is 0 Å². The van der Waals surface area contributed by atoms with Gasteiger partial charge in [-0.15, -0.1) is 0 Å². The summed E-state index contributed by atoms with van der Waals surface area (Å²) >= 11 is 0. The van der Waals surface area contributed by atoms with Crippen molar-refractivity contribution >= 4 is 5.91 Å². The van der Waals surface area contributed by atoms with E-state index in [4.69, 9.17) is 5.73 Å². The normalized spacial score (nSPS) is 34.1. The van der Waals surface area contributed by atoms with E-state index in [0.717, 1.165) is 25.3 Å². The number of hydrogen-bond acceptors (Lipinski definition) is 2. The van der Waals surface area contributed by atoms with E-state index in [9.17, 15) is 4.79 Å². The van der Waals surface area contributed by atoms with Crippen LogP contribution < -0.4 is 5.73 Å². The predicted octanol–water partition coefficient (Wildman–Crippen LogP) is 2.69. The molecule has 0 radical (unpaired) electrons. The van der Waals surface area contributed by atoms with Crippen molar-refractivity contribution in [3.63, 3.8) is 0 Å². The molecule has 0 bridgehead atoms. The Morgan fingerprint density at radius 2 is 1.79 bits per heavy atom. The van der Waals surface area contributed by atoms with Crippen molar-refractivity contribution in [1.82, 2.24) is 4.90 Å². The second-order valence-corrected chi connectivity index (χ2v) is 6.94.